The van der Waals surface area contributed by atoms with Crippen LogP contribution in [0, 0.1) is 12.8 Å². The van der Waals surface area contributed by atoms with Crippen molar-refractivity contribution in [1.29, 1.82) is 0 Å². The maximum atomic E-state index is 12.9. The van der Waals surface area contributed by atoms with E-state index in [1.807, 2.05) is 60.1 Å². The lowest BCUT2D eigenvalue weighted by atomic mass is 9.98. The van der Waals surface area contributed by atoms with Crippen molar-refractivity contribution < 1.29 is 23.1 Å². The molecule has 0 radical (unpaired) electrons. The number of alkyl halides is 3. The molecule has 0 fully saturated rings. The Morgan fingerprint density at radius 3 is 2.50 bits per heavy atom. The maximum Gasteiger partial charge on any atom is 0.391 e. The van der Waals surface area contributed by atoms with Crippen LogP contribution in [0.1, 0.15) is 40.4 Å². The van der Waals surface area contributed by atoms with Crippen LogP contribution in [-0.2, 0) is 12.8 Å². The molecule has 1 amide bonds. The molecule has 4 rings (SSSR count). The van der Waals surface area contributed by atoms with Crippen molar-refractivity contribution in [3.63, 3.8) is 0 Å². The minimum absolute atomic E-state index is 0.112. The Bertz CT molecular complexity index is 1420. The molecule has 0 aliphatic rings. The molecule has 2 aromatic carbocycles. The number of pyridine rings is 1. The molecular formula is C29H29ClF3N3O2. The second-order valence-corrected chi connectivity index (χ2v) is 9.99. The summed E-state index contributed by atoms with van der Waals surface area (Å²) in [7, 11) is 0. The monoisotopic (exact) mass is 543 g/mol. The van der Waals surface area contributed by atoms with E-state index in [1.165, 1.54) is 18.2 Å². The molecule has 0 saturated carbocycles. The van der Waals surface area contributed by atoms with Crippen molar-refractivity contribution in [3.8, 4) is 11.3 Å². The van der Waals surface area contributed by atoms with Gasteiger partial charge < -0.3 is 14.8 Å². The Kier molecular flexibility index (Phi) is 8.43. The van der Waals surface area contributed by atoms with Crippen LogP contribution in [-0.4, -0.2) is 39.2 Å². The largest absolute Gasteiger partial charge is 0.396 e. The van der Waals surface area contributed by atoms with E-state index in [0.29, 0.717) is 18.4 Å². The summed E-state index contributed by atoms with van der Waals surface area (Å²) in [5.41, 5.74) is 5.37. The van der Waals surface area contributed by atoms with Crippen molar-refractivity contribution in [3.05, 3.63) is 94.3 Å². The number of imidazole rings is 1. The average molecular weight is 544 g/mol. The van der Waals surface area contributed by atoms with E-state index in [0.717, 1.165) is 35.0 Å². The standard InChI is InChI=1S/C29H29ClF3N3O2/c1-18-4-3-12-36-17-26(35-27(18)36)21-7-5-20(6-8-21)15-24(11-13-37)34-28(38)23-10-9-22(25(30)16-23)14-19(2)29(31,32)33/h3-10,12,16-17,19,24,37H,11,13-15H2,1-2H3,(H,34,38)/t19?,24-/m1/s1. The van der Waals surface area contributed by atoms with Crippen LogP contribution in [0.2, 0.25) is 5.02 Å². The number of nitrogens with zero attached hydrogens (tertiary/aromatic N) is 2. The number of carbonyl (C=O) groups excluding carboxylic acids is 1. The van der Waals surface area contributed by atoms with Crippen molar-refractivity contribution in [1.82, 2.24) is 14.7 Å². The van der Waals surface area contributed by atoms with E-state index < -0.39 is 18.0 Å². The third-order valence-corrected chi connectivity index (χ3v) is 6.97. The van der Waals surface area contributed by atoms with E-state index in [4.69, 9.17) is 16.6 Å². The van der Waals surface area contributed by atoms with Crippen molar-refractivity contribution in [2.24, 2.45) is 5.92 Å². The molecule has 0 aliphatic carbocycles. The fourth-order valence-electron chi connectivity index (χ4n) is 4.34. The number of hydrogen-bond donors (Lipinski definition) is 2. The first-order chi connectivity index (χ1) is 18.0. The number of carbonyl (C=O) groups is 1. The zero-order valence-corrected chi connectivity index (χ0v) is 21.9. The number of aliphatic hydroxyl groups is 1. The Hall–Kier alpha value is -3.36. The normalized spacial score (nSPS) is 13.4. The second-order valence-electron chi connectivity index (χ2n) is 9.58. The molecule has 9 heteroatoms. The highest BCUT2D eigenvalue weighted by atomic mass is 35.5. The van der Waals surface area contributed by atoms with Gasteiger partial charge in [-0.1, -0.05) is 54.9 Å². The summed E-state index contributed by atoms with van der Waals surface area (Å²) in [4.78, 5) is 17.6. The van der Waals surface area contributed by atoms with Gasteiger partial charge in [-0.2, -0.15) is 13.2 Å². The van der Waals surface area contributed by atoms with Crippen LogP contribution in [0.5, 0.6) is 0 Å². The number of rotatable bonds is 9. The van der Waals surface area contributed by atoms with Gasteiger partial charge in [-0.15, -0.1) is 0 Å². The van der Waals surface area contributed by atoms with Crippen molar-refractivity contribution >= 4 is 23.2 Å². The molecule has 1 unspecified atom stereocenters. The maximum absolute atomic E-state index is 12.9. The molecule has 5 nitrogen and oxygen atoms in total. The number of amides is 1. The summed E-state index contributed by atoms with van der Waals surface area (Å²) in [6.45, 7) is 3.00. The summed E-state index contributed by atoms with van der Waals surface area (Å²) in [6.07, 6.45) is 0.189. The third kappa shape index (κ3) is 6.55. The lowest BCUT2D eigenvalue weighted by Crippen LogP contribution is -2.37. The number of aryl methyl sites for hydroxylation is 1. The molecule has 0 aliphatic heterocycles. The van der Waals surface area contributed by atoms with E-state index in [9.17, 15) is 23.1 Å². The lowest BCUT2D eigenvalue weighted by Gasteiger charge is -2.19. The molecule has 200 valence electrons. The molecule has 2 heterocycles. The minimum atomic E-state index is -4.32. The summed E-state index contributed by atoms with van der Waals surface area (Å²) in [6, 6.07) is 15.9. The summed E-state index contributed by atoms with van der Waals surface area (Å²) in [5, 5.41) is 12.6. The van der Waals surface area contributed by atoms with Gasteiger partial charge in [-0.3, -0.25) is 4.79 Å². The van der Waals surface area contributed by atoms with Crippen LogP contribution < -0.4 is 5.32 Å². The van der Waals surface area contributed by atoms with Crippen molar-refractivity contribution in [2.45, 2.75) is 45.3 Å². The van der Waals surface area contributed by atoms with Gasteiger partial charge in [0.1, 0.15) is 5.65 Å². The number of aliphatic hydroxyl groups excluding tert-OH is 1. The van der Waals surface area contributed by atoms with Crippen LogP contribution >= 0.6 is 11.6 Å². The number of nitrogens with one attached hydrogen (secondary N) is 1. The molecule has 2 N–H and O–H groups in total. The Labute approximate surface area is 224 Å². The van der Waals surface area contributed by atoms with Gasteiger partial charge in [0.25, 0.3) is 5.91 Å². The van der Waals surface area contributed by atoms with Crippen LogP contribution in [0.3, 0.4) is 0 Å². The first-order valence-corrected chi connectivity index (χ1v) is 12.7. The van der Waals surface area contributed by atoms with Gasteiger partial charge in [0.05, 0.1) is 11.6 Å². The van der Waals surface area contributed by atoms with E-state index >= 15 is 0 Å². The van der Waals surface area contributed by atoms with E-state index in [1.54, 1.807) is 0 Å². The predicted octanol–water partition coefficient (Wildman–Crippen LogP) is 6.43. The summed E-state index contributed by atoms with van der Waals surface area (Å²) in [5.74, 6) is -1.95. The Morgan fingerprint density at radius 2 is 1.87 bits per heavy atom. The number of benzene rings is 2. The zero-order chi connectivity index (χ0) is 27.4. The molecule has 4 aromatic rings. The molecule has 2 atom stereocenters. The molecule has 38 heavy (non-hydrogen) atoms. The Morgan fingerprint density at radius 1 is 1.13 bits per heavy atom. The van der Waals surface area contributed by atoms with Gasteiger partial charge >= 0.3 is 6.18 Å². The van der Waals surface area contributed by atoms with Gasteiger partial charge in [0.15, 0.2) is 0 Å². The van der Waals surface area contributed by atoms with Gasteiger partial charge in [0.2, 0.25) is 0 Å². The number of hydrogen-bond acceptors (Lipinski definition) is 3. The first kappa shape index (κ1) is 27.7. The first-order valence-electron chi connectivity index (χ1n) is 12.4. The van der Waals surface area contributed by atoms with Gasteiger partial charge in [-0.25, -0.2) is 4.98 Å². The van der Waals surface area contributed by atoms with E-state index in [2.05, 4.69) is 5.32 Å². The second kappa shape index (κ2) is 11.6. The zero-order valence-electron chi connectivity index (χ0n) is 21.1. The highest BCUT2D eigenvalue weighted by Crippen LogP contribution is 2.31. The molecule has 0 saturated heterocycles. The average Bonchev–Trinajstić information content (AvgIpc) is 3.31. The van der Waals surface area contributed by atoms with Gasteiger partial charge in [0, 0.05) is 41.2 Å². The van der Waals surface area contributed by atoms with Crippen LogP contribution in [0.15, 0.2) is 67.0 Å². The Balaban J connectivity index is 1.42. The van der Waals surface area contributed by atoms with Gasteiger partial charge in [-0.05, 0) is 61.1 Å². The lowest BCUT2D eigenvalue weighted by molar-refractivity contribution is -0.169. The smallest absolute Gasteiger partial charge is 0.391 e. The van der Waals surface area contributed by atoms with Crippen LogP contribution in [0.25, 0.3) is 16.9 Å². The minimum Gasteiger partial charge on any atom is -0.396 e. The quantitative estimate of drug-likeness (QED) is 0.256. The summed E-state index contributed by atoms with van der Waals surface area (Å²) >= 11 is 6.20. The predicted molar refractivity (Wildman–Crippen MR) is 142 cm³/mol. The van der Waals surface area contributed by atoms with Crippen molar-refractivity contribution in [2.75, 3.05) is 6.61 Å². The highest BCUT2D eigenvalue weighted by Gasteiger charge is 2.36. The number of fused-ring (bicyclic) bond motifs is 1. The van der Waals surface area contributed by atoms with E-state index in [-0.39, 0.29) is 29.7 Å². The topological polar surface area (TPSA) is 66.6 Å². The third-order valence-electron chi connectivity index (χ3n) is 6.62. The molecule has 0 spiro atoms. The molecule has 0 bridgehead atoms. The highest BCUT2D eigenvalue weighted by molar-refractivity contribution is 6.31. The summed E-state index contributed by atoms with van der Waals surface area (Å²) < 4.78 is 40.7. The fourth-order valence-corrected chi connectivity index (χ4v) is 4.60. The van der Waals surface area contributed by atoms with Crippen LogP contribution in [0.4, 0.5) is 13.2 Å². The molecular weight excluding hydrogens is 515 g/mol. The molecule has 2 aromatic heterocycles. The number of aromatic nitrogens is 2. The fraction of sp³-hybridized carbons (Fsp3) is 0.310. The number of halogens is 4. The SMILES string of the molecule is Cc1cccn2cc(-c3ccc(C[C@@H](CCO)NC(=O)c4ccc(CC(C)C(F)(F)F)c(Cl)c4)cc3)nc12.